The van der Waals surface area contributed by atoms with Crippen molar-refractivity contribution in [2.24, 2.45) is 5.41 Å². The van der Waals surface area contributed by atoms with E-state index in [2.05, 4.69) is 92.8 Å². The van der Waals surface area contributed by atoms with Gasteiger partial charge in [-0.05, 0) is 58.9 Å². The van der Waals surface area contributed by atoms with E-state index in [4.69, 9.17) is 9.97 Å². The molecule has 0 amide bonds. The van der Waals surface area contributed by atoms with Gasteiger partial charge < -0.3 is 4.40 Å². The van der Waals surface area contributed by atoms with Gasteiger partial charge in [0.1, 0.15) is 6.33 Å². The largest absolute Gasteiger partial charge is 0.307 e. The summed E-state index contributed by atoms with van der Waals surface area (Å²) in [5.74, 6) is 0. The highest BCUT2D eigenvalue weighted by Crippen LogP contribution is 2.44. The summed E-state index contributed by atoms with van der Waals surface area (Å²) < 4.78 is 2.49. The lowest BCUT2D eigenvalue weighted by molar-refractivity contribution is 0.413. The molecule has 33 heavy (non-hydrogen) atoms. The van der Waals surface area contributed by atoms with E-state index in [0.29, 0.717) is 0 Å². The summed E-state index contributed by atoms with van der Waals surface area (Å²) in [6.07, 6.45) is 2.73. The third-order valence-electron chi connectivity index (χ3n) is 7.09. The highest BCUT2D eigenvalue weighted by atomic mass is 14.9. The van der Waals surface area contributed by atoms with Gasteiger partial charge in [0.15, 0.2) is 0 Å². The fourth-order valence-electron chi connectivity index (χ4n) is 5.91. The molecule has 3 nitrogen and oxygen atoms in total. The fraction of sp³-hybridized carbons (Fsp3) is 0.200. The van der Waals surface area contributed by atoms with Crippen LogP contribution in [0.4, 0.5) is 0 Å². The van der Waals surface area contributed by atoms with Crippen LogP contribution < -0.4 is 0 Å². The van der Waals surface area contributed by atoms with Crippen LogP contribution in [0.15, 0.2) is 67.0 Å². The number of pyridine rings is 1. The van der Waals surface area contributed by atoms with Crippen LogP contribution in [0.25, 0.3) is 59.9 Å². The highest BCUT2D eigenvalue weighted by molar-refractivity contribution is 6.29. The molecule has 0 bridgehead atoms. The second-order valence-electron chi connectivity index (χ2n) is 10.6. The van der Waals surface area contributed by atoms with Crippen LogP contribution in [0.1, 0.15) is 31.9 Å². The van der Waals surface area contributed by atoms with Crippen molar-refractivity contribution < 1.29 is 0 Å². The number of aromatic nitrogens is 3. The highest BCUT2D eigenvalue weighted by Gasteiger charge is 2.24. The van der Waals surface area contributed by atoms with Crippen molar-refractivity contribution in [1.29, 1.82) is 0 Å². The van der Waals surface area contributed by atoms with E-state index in [9.17, 15) is 0 Å². The van der Waals surface area contributed by atoms with Crippen LogP contribution in [-0.2, 0) is 6.42 Å². The van der Waals surface area contributed by atoms with E-state index >= 15 is 0 Å². The van der Waals surface area contributed by atoms with Gasteiger partial charge in [-0.2, -0.15) is 0 Å². The normalized spacial score (nSPS) is 13.0. The number of para-hydroxylation sites is 1. The second-order valence-corrected chi connectivity index (χ2v) is 10.6. The minimum Gasteiger partial charge on any atom is -0.307 e. The van der Waals surface area contributed by atoms with Crippen LogP contribution in [0.3, 0.4) is 0 Å². The number of hydrogen-bond acceptors (Lipinski definition) is 2. The van der Waals surface area contributed by atoms with E-state index in [1.807, 2.05) is 0 Å². The van der Waals surface area contributed by atoms with Crippen LogP contribution in [0, 0.1) is 12.3 Å². The van der Waals surface area contributed by atoms with E-state index in [1.165, 1.54) is 60.0 Å². The smallest absolute Gasteiger partial charge is 0.116 e. The number of rotatable bonds is 1. The Kier molecular flexibility index (Phi) is 3.53. The van der Waals surface area contributed by atoms with Crippen LogP contribution in [0.5, 0.6) is 0 Å². The molecule has 0 aliphatic rings. The molecule has 0 aliphatic carbocycles. The number of nitrogens with zero attached hydrogens (tertiary/aromatic N) is 3. The summed E-state index contributed by atoms with van der Waals surface area (Å²) >= 11 is 0. The first-order valence-electron chi connectivity index (χ1n) is 11.7. The van der Waals surface area contributed by atoms with Gasteiger partial charge in [0.2, 0.25) is 0 Å². The molecule has 0 unspecified atom stereocenters. The molecule has 0 spiro atoms. The van der Waals surface area contributed by atoms with Gasteiger partial charge in [0, 0.05) is 16.2 Å². The van der Waals surface area contributed by atoms with Crippen LogP contribution >= 0.6 is 0 Å². The predicted molar refractivity (Wildman–Crippen MR) is 140 cm³/mol. The molecule has 0 saturated heterocycles. The van der Waals surface area contributed by atoms with Crippen molar-refractivity contribution in [3.63, 3.8) is 0 Å². The molecular formula is C30H25N3. The van der Waals surface area contributed by atoms with Crippen molar-refractivity contribution in [3.05, 3.63) is 78.1 Å². The maximum absolute atomic E-state index is 4.86. The number of fused-ring (bicyclic) bond motifs is 7. The zero-order valence-corrected chi connectivity index (χ0v) is 19.4. The van der Waals surface area contributed by atoms with Crippen molar-refractivity contribution in [2.45, 2.75) is 34.1 Å². The number of hydrogen-bond donors (Lipinski definition) is 0. The quantitative estimate of drug-likeness (QED) is 0.197. The van der Waals surface area contributed by atoms with Gasteiger partial charge in [0.05, 0.1) is 33.0 Å². The Hall–Kier alpha value is -3.72. The van der Waals surface area contributed by atoms with Gasteiger partial charge in [-0.15, -0.1) is 0 Å². The van der Waals surface area contributed by atoms with E-state index in [1.54, 1.807) is 6.33 Å². The van der Waals surface area contributed by atoms with Gasteiger partial charge in [-0.25, -0.2) is 9.97 Å². The SMILES string of the molecule is Cc1c2ccccc2cc2c3ncnc4cc(CC(C)(C)C)c5c6ccccc6n(c12)c5c43. The Morgan fingerprint density at radius 1 is 0.788 bits per heavy atom. The van der Waals surface area contributed by atoms with Gasteiger partial charge in [0.25, 0.3) is 0 Å². The van der Waals surface area contributed by atoms with Crippen molar-refractivity contribution >= 4 is 59.9 Å². The molecule has 0 atom stereocenters. The zero-order valence-electron chi connectivity index (χ0n) is 19.4. The molecule has 3 aromatic heterocycles. The van der Waals surface area contributed by atoms with Crippen LogP contribution in [-0.4, -0.2) is 14.4 Å². The van der Waals surface area contributed by atoms with Gasteiger partial charge in [-0.3, -0.25) is 0 Å². The number of aryl methyl sites for hydroxylation is 1. The maximum atomic E-state index is 4.86. The Bertz CT molecular complexity index is 1880. The van der Waals surface area contributed by atoms with E-state index in [0.717, 1.165) is 17.5 Å². The third kappa shape index (κ3) is 2.45. The van der Waals surface area contributed by atoms with Gasteiger partial charge >= 0.3 is 0 Å². The summed E-state index contributed by atoms with van der Waals surface area (Å²) in [4.78, 5) is 9.62. The molecule has 3 heterocycles. The molecule has 0 radical (unpaired) electrons. The Morgan fingerprint density at radius 2 is 1.55 bits per heavy atom. The molecule has 7 aromatic rings. The third-order valence-corrected chi connectivity index (χ3v) is 7.09. The summed E-state index contributed by atoms with van der Waals surface area (Å²) in [6.45, 7) is 9.19. The maximum Gasteiger partial charge on any atom is 0.116 e. The predicted octanol–water partition coefficient (Wildman–Crippen LogP) is 7.83. The molecule has 0 fully saturated rings. The standard InChI is InChI=1S/C30H25N3/c1-17-20-10-6-5-9-18(20)13-22-27-26-23(31-16-32-27)14-19(15-30(2,3)4)25-21-11-7-8-12-24(21)33(28(17)22)29(25)26/h5-14,16H,15H2,1-4H3. The topological polar surface area (TPSA) is 30.2 Å². The summed E-state index contributed by atoms with van der Waals surface area (Å²) in [6, 6.07) is 22.1. The average molecular weight is 428 g/mol. The fourth-order valence-corrected chi connectivity index (χ4v) is 5.91. The lowest BCUT2D eigenvalue weighted by Gasteiger charge is -2.21. The average Bonchev–Trinajstić information content (AvgIpc) is 3.14. The van der Waals surface area contributed by atoms with E-state index in [-0.39, 0.29) is 5.41 Å². The molecule has 0 saturated carbocycles. The molecule has 160 valence electrons. The Labute approximate surface area is 192 Å². The molecular weight excluding hydrogens is 402 g/mol. The summed E-state index contributed by atoms with van der Waals surface area (Å²) in [7, 11) is 0. The first kappa shape index (κ1) is 18.8. The van der Waals surface area contributed by atoms with Gasteiger partial charge in [-0.1, -0.05) is 63.2 Å². The van der Waals surface area contributed by atoms with Crippen molar-refractivity contribution in [2.75, 3.05) is 0 Å². The molecule has 3 heteroatoms. The molecule has 7 rings (SSSR count). The first-order valence-corrected chi connectivity index (χ1v) is 11.7. The Balaban J connectivity index is 1.87. The monoisotopic (exact) mass is 427 g/mol. The van der Waals surface area contributed by atoms with Crippen molar-refractivity contribution in [1.82, 2.24) is 14.4 Å². The number of benzene rings is 4. The lowest BCUT2D eigenvalue weighted by atomic mass is 9.85. The zero-order chi connectivity index (χ0) is 22.5. The van der Waals surface area contributed by atoms with E-state index < -0.39 is 0 Å². The minimum absolute atomic E-state index is 0.174. The lowest BCUT2D eigenvalue weighted by Crippen LogP contribution is -2.10. The Morgan fingerprint density at radius 3 is 2.36 bits per heavy atom. The van der Waals surface area contributed by atoms with Crippen molar-refractivity contribution in [3.8, 4) is 0 Å². The molecule has 0 aliphatic heterocycles. The molecule has 0 N–H and O–H groups in total. The summed E-state index contributed by atoms with van der Waals surface area (Å²) in [5, 5.41) is 7.56. The second kappa shape index (κ2) is 6.20. The molecule has 4 aromatic carbocycles. The first-order chi connectivity index (χ1) is 15.9. The summed E-state index contributed by atoms with van der Waals surface area (Å²) in [5.41, 5.74) is 8.68. The minimum atomic E-state index is 0.174. The van der Waals surface area contributed by atoms with Crippen LogP contribution in [0.2, 0.25) is 0 Å².